The zero-order chi connectivity index (χ0) is 15.2. The molecule has 5 heteroatoms. The lowest BCUT2D eigenvalue weighted by atomic mass is 9.96. The van der Waals surface area contributed by atoms with Gasteiger partial charge in [0.25, 0.3) is 0 Å². The maximum Gasteiger partial charge on any atom is 0.239 e. The van der Waals surface area contributed by atoms with Crippen molar-refractivity contribution in [2.24, 2.45) is 5.73 Å². The largest absolute Gasteiger partial charge is 0.370 e. The van der Waals surface area contributed by atoms with Gasteiger partial charge in [-0.2, -0.15) is 0 Å². The van der Waals surface area contributed by atoms with Crippen molar-refractivity contribution in [3.8, 4) is 0 Å². The number of para-hydroxylation sites is 1. The summed E-state index contributed by atoms with van der Waals surface area (Å²) in [6.45, 7) is 6.49. The summed E-state index contributed by atoms with van der Waals surface area (Å²) >= 11 is 0. The first-order valence-corrected chi connectivity index (χ1v) is 7.23. The van der Waals surface area contributed by atoms with Crippen LogP contribution in [0.2, 0.25) is 0 Å². The second kappa shape index (κ2) is 8.90. The lowest BCUT2D eigenvalue weighted by Crippen LogP contribution is -2.53. The smallest absolute Gasteiger partial charge is 0.239 e. The molecule has 0 aliphatic carbocycles. The van der Waals surface area contributed by atoms with Crippen LogP contribution in [0.1, 0.15) is 33.6 Å². The monoisotopic (exact) mass is 313 g/mol. The summed E-state index contributed by atoms with van der Waals surface area (Å²) in [6, 6.07) is 10.3. The van der Waals surface area contributed by atoms with Crippen molar-refractivity contribution in [3.63, 3.8) is 0 Å². The number of halogens is 1. The maximum atomic E-state index is 12.1. The van der Waals surface area contributed by atoms with E-state index in [1.54, 1.807) is 6.92 Å². The number of benzene rings is 1. The van der Waals surface area contributed by atoms with Crippen LogP contribution in [0, 0.1) is 0 Å². The molecule has 0 heterocycles. The number of hydrogen-bond acceptors (Lipinski definition) is 3. The van der Waals surface area contributed by atoms with Gasteiger partial charge in [-0.25, -0.2) is 0 Å². The van der Waals surface area contributed by atoms with Gasteiger partial charge in [-0.1, -0.05) is 31.5 Å². The molecule has 0 fully saturated rings. The zero-order valence-electron chi connectivity index (χ0n) is 13.4. The maximum absolute atomic E-state index is 12.1. The van der Waals surface area contributed by atoms with Gasteiger partial charge in [-0.3, -0.25) is 4.79 Å². The fourth-order valence-electron chi connectivity index (χ4n) is 2.13. The molecule has 0 saturated heterocycles. The number of rotatable bonds is 7. The number of hydrogen-bond donors (Lipinski definition) is 2. The number of carbonyl (C=O) groups excluding carboxylic acids is 1. The lowest BCUT2D eigenvalue weighted by Gasteiger charge is -2.29. The van der Waals surface area contributed by atoms with Crippen molar-refractivity contribution in [2.45, 2.75) is 45.2 Å². The first-order chi connectivity index (χ1) is 9.38. The van der Waals surface area contributed by atoms with E-state index in [4.69, 9.17) is 5.73 Å². The minimum absolute atomic E-state index is 0. The molecule has 0 aromatic heterocycles. The summed E-state index contributed by atoms with van der Waals surface area (Å²) in [6.07, 6.45) is 1.60. The Morgan fingerprint density at radius 3 is 2.48 bits per heavy atom. The van der Waals surface area contributed by atoms with Gasteiger partial charge in [0.1, 0.15) is 0 Å². The Hall–Kier alpha value is -1.26. The fraction of sp³-hybridized carbons (Fsp3) is 0.562. The van der Waals surface area contributed by atoms with E-state index in [-0.39, 0.29) is 24.4 Å². The summed E-state index contributed by atoms with van der Waals surface area (Å²) in [5, 5.41) is 2.95. The predicted molar refractivity (Wildman–Crippen MR) is 92.1 cm³/mol. The Morgan fingerprint density at radius 1 is 1.38 bits per heavy atom. The van der Waals surface area contributed by atoms with Crippen molar-refractivity contribution >= 4 is 24.0 Å². The summed E-state index contributed by atoms with van der Waals surface area (Å²) in [4.78, 5) is 14.2. The van der Waals surface area contributed by atoms with Crippen molar-refractivity contribution in [1.82, 2.24) is 5.32 Å². The minimum atomic E-state index is -0.778. The molecule has 0 saturated carbocycles. The van der Waals surface area contributed by atoms with Gasteiger partial charge in [0.05, 0.1) is 5.54 Å². The normalized spacial score (nSPS) is 14.5. The lowest BCUT2D eigenvalue weighted by molar-refractivity contribution is -0.126. The molecule has 0 aliphatic heterocycles. The van der Waals surface area contributed by atoms with Crippen LogP contribution in [0.5, 0.6) is 0 Å². The first-order valence-electron chi connectivity index (χ1n) is 7.23. The van der Waals surface area contributed by atoms with Crippen LogP contribution in [-0.2, 0) is 4.79 Å². The number of likely N-dealkylation sites (N-methyl/N-ethyl adjacent to an activating group) is 1. The molecule has 1 aromatic rings. The SMILES string of the molecule is CCCC(C)(N)C(=O)NCC(C)N(C)c1ccccc1.Cl. The van der Waals surface area contributed by atoms with Gasteiger partial charge in [0.15, 0.2) is 0 Å². The molecule has 2 atom stereocenters. The number of nitrogens with zero attached hydrogens (tertiary/aromatic N) is 1. The highest BCUT2D eigenvalue weighted by atomic mass is 35.5. The average molecular weight is 314 g/mol. The van der Waals surface area contributed by atoms with Crippen LogP contribution in [0.3, 0.4) is 0 Å². The number of nitrogens with two attached hydrogens (primary N) is 1. The van der Waals surface area contributed by atoms with E-state index in [1.807, 2.05) is 32.2 Å². The molecule has 21 heavy (non-hydrogen) atoms. The van der Waals surface area contributed by atoms with E-state index in [1.165, 1.54) is 0 Å². The van der Waals surface area contributed by atoms with Crippen LogP contribution >= 0.6 is 12.4 Å². The number of amides is 1. The highest BCUT2D eigenvalue weighted by Gasteiger charge is 2.27. The highest BCUT2D eigenvalue weighted by Crippen LogP contribution is 2.14. The molecule has 120 valence electrons. The molecule has 0 spiro atoms. The van der Waals surface area contributed by atoms with E-state index in [0.717, 1.165) is 12.1 Å². The third kappa shape index (κ3) is 5.94. The van der Waals surface area contributed by atoms with E-state index in [9.17, 15) is 4.79 Å². The number of nitrogens with one attached hydrogen (secondary N) is 1. The van der Waals surface area contributed by atoms with E-state index in [2.05, 4.69) is 29.3 Å². The molecule has 1 rings (SSSR count). The Balaban J connectivity index is 0.00000400. The molecule has 3 N–H and O–H groups in total. The highest BCUT2D eigenvalue weighted by molar-refractivity contribution is 5.85. The van der Waals surface area contributed by atoms with Gasteiger partial charge < -0.3 is 16.0 Å². The average Bonchev–Trinajstić information content (AvgIpc) is 2.44. The van der Waals surface area contributed by atoms with Crippen LogP contribution in [0.4, 0.5) is 5.69 Å². The zero-order valence-corrected chi connectivity index (χ0v) is 14.2. The molecule has 0 bridgehead atoms. The Morgan fingerprint density at radius 2 is 1.95 bits per heavy atom. The second-order valence-corrected chi connectivity index (χ2v) is 5.67. The van der Waals surface area contributed by atoms with E-state index in [0.29, 0.717) is 13.0 Å². The summed E-state index contributed by atoms with van der Waals surface area (Å²) in [5.41, 5.74) is 6.38. The van der Waals surface area contributed by atoms with E-state index >= 15 is 0 Å². The molecule has 0 aliphatic rings. The van der Waals surface area contributed by atoms with Crippen molar-refractivity contribution in [2.75, 3.05) is 18.5 Å². The minimum Gasteiger partial charge on any atom is -0.370 e. The summed E-state index contributed by atoms with van der Waals surface area (Å²) in [7, 11) is 2.03. The van der Waals surface area contributed by atoms with Gasteiger partial charge in [-0.15, -0.1) is 12.4 Å². The third-order valence-electron chi connectivity index (χ3n) is 3.67. The van der Waals surface area contributed by atoms with Crippen molar-refractivity contribution in [1.29, 1.82) is 0 Å². The van der Waals surface area contributed by atoms with Crippen LogP contribution in [0.25, 0.3) is 0 Å². The fourth-order valence-corrected chi connectivity index (χ4v) is 2.13. The molecule has 2 unspecified atom stereocenters. The standard InChI is InChI=1S/C16H27N3O.ClH/c1-5-11-16(3,17)15(20)18-12-13(2)19(4)14-9-7-6-8-10-14;/h6-10,13H,5,11-12,17H2,1-4H3,(H,18,20);1H. The Bertz CT molecular complexity index is 423. The summed E-state index contributed by atoms with van der Waals surface area (Å²) < 4.78 is 0. The quantitative estimate of drug-likeness (QED) is 0.813. The number of anilines is 1. The van der Waals surface area contributed by atoms with Crippen LogP contribution < -0.4 is 16.0 Å². The molecule has 0 radical (unpaired) electrons. The van der Waals surface area contributed by atoms with Gasteiger partial charge in [-0.05, 0) is 32.4 Å². The molecular formula is C16H28ClN3O. The van der Waals surface area contributed by atoms with Gasteiger partial charge >= 0.3 is 0 Å². The molecular weight excluding hydrogens is 286 g/mol. The topological polar surface area (TPSA) is 58.4 Å². The first kappa shape index (κ1) is 19.7. The Kier molecular flexibility index (Phi) is 8.37. The molecule has 1 amide bonds. The summed E-state index contributed by atoms with van der Waals surface area (Å²) in [5.74, 6) is -0.0762. The van der Waals surface area contributed by atoms with Crippen LogP contribution in [0.15, 0.2) is 30.3 Å². The van der Waals surface area contributed by atoms with Crippen molar-refractivity contribution < 1.29 is 4.79 Å². The third-order valence-corrected chi connectivity index (χ3v) is 3.67. The Labute approximate surface area is 134 Å². The molecule has 1 aromatic carbocycles. The number of carbonyl (C=O) groups is 1. The van der Waals surface area contributed by atoms with E-state index < -0.39 is 5.54 Å². The second-order valence-electron chi connectivity index (χ2n) is 5.67. The van der Waals surface area contributed by atoms with Gasteiger partial charge in [0.2, 0.25) is 5.91 Å². The molecule has 4 nitrogen and oxygen atoms in total. The van der Waals surface area contributed by atoms with Gasteiger partial charge in [0, 0.05) is 25.3 Å². The predicted octanol–water partition coefficient (Wildman–Crippen LogP) is 2.57. The van der Waals surface area contributed by atoms with Crippen LogP contribution in [-0.4, -0.2) is 31.1 Å². The van der Waals surface area contributed by atoms with Crippen molar-refractivity contribution in [3.05, 3.63) is 30.3 Å².